The summed E-state index contributed by atoms with van der Waals surface area (Å²) in [5.74, 6) is -0.796. The first-order valence-corrected chi connectivity index (χ1v) is 7.43. The third-order valence-electron chi connectivity index (χ3n) is 2.87. The molecule has 0 aliphatic rings. The van der Waals surface area contributed by atoms with Crippen LogP contribution in [0, 0.1) is 5.41 Å². The summed E-state index contributed by atoms with van der Waals surface area (Å²) >= 11 is 16.6. The lowest BCUT2D eigenvalue weighted by Crippen LogP contribution is -2.41. The van der Waals surface area contributed by atoms with E-state index in [0.29, 0.717) is 12.1 Å². The van der Waals surface area contributed by atoms with Crippen molar-refractivity contribution in [3.05, 3.63) is 48.6 Å². The summed E-state index contributed by atoms with van der Waals surface area (Å²) in [6.07, 6.45) is 2.49. The van der Waals surface area contributed by atoms with Crippen molar-refractivity contribution in [2.24, 2.45) is 5.41 Å². The van der Waals surface area contributed by atoms with Crippen LogP contribution in [0.2, 0.25) is 0 Å². The first kappa shape index (κ1) is 18.0. The van der Waals surface area contributed by atoms with E-state index in [9.17, 15) is 4.79 Å². The number of carbonyl (C=O) groups excluding carboxylic acids is 1. The lowest BCUT2D eigenvalue weighted by atomic mass is 9.80. The predicted molar refractivity (Wildman–Crippen MR) is 89.7 cm³/mol. The third-order valence-corrected chi connectivity index (χ3v) is 3.38. The van der Waals surface area contributed by atoms with Gasteiger partial charge in [-0.25, -0.2) is 0 Å². The van der Waals surface area contributed by atoms with Crippen LogP contribution in [-0.2, 0) is 4.79 Å². The number of carbonyl (C=O) groups is 1. The van der Waals surface area contributed by atoms with Gasteiger partial charge in [-0.2, -0.15) is 0 Å². The van der Waals surface area contributed by atoms with Gasteiger partial charge in [-0.15, -0.1) is 6.58 Å². The molecular weight excluding hydrogens is 331 g/mol. The van der Waals surface area contributed by atoms with Crippen molar-refractivity contribution in [1.82, 2.24) is 10.5 Å². The lowest BCUT2D eigenvalue weighted by molar-refractivity contribution is -0.120. The molecule has 3 nitrogen and oxygen atoms in total. The van der Waals surface area contributed by atoms with Crippen molar-refractivity contribution in [3.63, 3.8) is 0 Å². The molecule has 1 N–H and O–H groups in total. The Kier molecular flexibility index (Phi) is 6.26. The molecule has 1 radical (unpaired) electrons. The molecule has 0 saturated carbocycles. The fourth-order valence-corrected chi connectivity index (χ4v) is 1.96. The van der Waals surface area contributed by atoms with Crippen molar-refractivity contribution >= 4 is 46.4 Å². The normalized spacial score (nSPS) is 12.9. The molecule has 0 aromatic heterocycles. The molecule has 0 heterocycles. The highest BCUT2D eigenvalue weighted by Crippen LogP contribution is 2.27. The topological polar surface area (TPSA) is 43.2 Å². The van der Waals surface area contributed by atoms with Gasteiger partial charge in [0.25, 0.3) is 9.50 Å². The Balaban J connectivity index is 3.15. The second-order valence-electron chi connectivity index (χ2n) is 5.14. The Morgan fingerprint density at radius 3 is 2.33 bits per heavy atom. The van der Waals surface area contributed by atoms with Crippen molar-refractivity contribution < 1.29 is 4.79 Å². The summed E-state index contributed by atoms with van der Waals surface area (Å²) in [7, 11) is 0. The van der Waals surface area contributed by atoms with Crippen molar-refractivity contribution in [3.8, 4) is 0 Å². The Bertz CT molecular complexity index is 534. The molecule has 1 aromatic rings. The number of hydrogen-bond acceptors (Lipinski definition) is 2. The maximum Gasteiger partial charge on any atom is 0.332 e. The van der Waals surface area contributed by atoms with E-state index in [2.05, 4.69) is 17.1 Å². The van der Waals surface area contributed by atoms with Gasteiger partial charge in [-0.3, -0.25) is 4.79 Å². The predicted octanol–water partition coefficient (Wildman–Crippen LogP) is 3.82. The number of benzene rings is 1. The second-order valence-corrected chi connectivity index (χ2v) is 7.42. The van der Waals surface area contributed by atoms with E-state index in [1.54, 1.807) is 6.08 Å². The van der Waals surface area contributed by atoms with Gasteiger partial charge in [-0.05, 0) is 32.4 Å². The summed E-state index contributed by atoms with van der Waals surface area (Å²) in [5, 5.41) is 4.17. The molecular formula is C15H17Cl3N2O+. The molecule has 0 fully saturated rings. The van der Waals surface area contributed by atoms with Crippen LogP contribution < -0.4 is 10.5 Å². The van der Waals surface area contributed by atoms with Crippen LogP contribution in [0.15, 0.2) is 43.0 Å². The van der Waals surface area contributed by atoms with E-state index in [0.717, 1.165) is 5.56 Å². The summed E-state index contributed by atoms with van der Waals surface area (Å²) in [6, 6.07) is 9.51. The molecule has 113 valence electrons. The minimum absolute atomic E-state index is 0.329. The van der Waals surface area contributed by atoms with E-state index in [4.69, 9.17) is 34.8 Å². The Labute approximate surface area is 140 Å². The molecule has 0 atom stereocenters. The van der Waals surface area contributed by atoms with Crippen LogP contribution in [0.5, 0.6) is 0 Å². The highest BCUT2D eigenvalue weighted by atomic mass is 35.6. The van der Waals surface area contributed by atoms with Gasteiger partial charge in [0.15, 0.2) is 5.10 Å². The highest BCUT2D eigenvalue weighted by Gasteiger charge is 2.38. The van der Waals surface area contributed by atoms with Crippen LogP contribution in [0.1, 0.15) is 25.8 Å². The summed E-state index contributed by atoms with van der Waals surface area (Å²) in [6.45, 7) is 7.75. The zero-order chi connectivity index (χ0) is 16.1. The van der Waals surface area contributed by atoms with Gasteiger partial charge in [0.2, 0.25) is 0 Å². The zero-order valence-electron chi connectivity index (χ0n) is 11.9. The van der Waals surface area contributed by atoms with Gasteiger partial charge < -0.3 is 0 Å². The van der Waals surface area contributed by atoms with Crippen molar-refractivity contribution in [1.29, 1.82) is 0 Å². The molecule has 0 aliphatic carbocycles. The van der Waals surface area contributed by atoms with E-state index in [1.807, 2.05) is 44.2 Å². The van der Waals surface area contributed by atoms with Gasteiger partial charge in [0.1, 0.15) is 0 Å². The fraction of sp³-hybridized carbons (Fsp3) is 0.333. The molecule has 0 bridgehead atoms. The SMILES string of the molecule is C=CCC(C)(C)C(=[N+]NC(=O)C(Cl)(Cl)Cl)c1ccccc1. The molecule has 0 unspecified atom stereocenters. The molecule has 1 rings (SSSR count). The minimum Gasteiger partial charge on any atom is -0.264 e. The lowest BCUT2D eigenvalue weighted by Gasteiger charge is -2.18. The van der Waals surface area contributed by atoms with Gasteiger partial charge in [-0.1, -0.05) is 64.5 Å². The number of alkyl halides is 3. The molecule has 1 aromatic carbocycles. The smallest absolute Gasteiger partial charge is 0.264 e. The first-order chi connectivity index (χ1) is 9.68. The number of rotatable bonds is 5. The highest BCUT2D eigenvalue weighted by molar-refractivity contribution is 6.76. The first-order valence-electron chi connectivity index (χ1n) is 6.30. The summed E-state index contributed by atoms with van der Waals surface area (Å²) < 4.78 is -2.05. The Morgan fingerprint density at radius 2 is 1.86 bits per heavy atom. The van der Waals surface area contributed by atoms with Crippen LogP contribution in [0.3, 0.4) is 0 Å². The Hall–Kier alpha value is -1.03. The second kappa shape index (κ2) is 7.30. The molecule has 0 spiro atoms. The number of halogens is 3. The number of allylic oxidation sites excluding steroid dienone is 1. The molecule has 21 heavy (non-hydrogen) atoms. The van der Waals surface area contributed by atoms with Crippen molar-refractivity contribution in [2.75, 3.05) is 0 Å². The maximum absolute atomic E-state index is 11.7. The molecule has 1 amide bonds. The summed E-state index contributed by atoms with van der Waals surface area (Å²) in [4.78, 5) is 11.7. The fourth-order valence-electron chi connectivity index (χ4n) is 1.83. The number of nitrogens with zero attached hydrogens (tertiary/aromatic N) is 1. The molecule has 0 saturated heterocycles. The molecule has 6 heteroatoms. The number of amides is 1. The van der Waals surface area contributed by atoms with Crippen LogP contribution >= 0.6 is 34.8 Å². The average molecular weight is 348 g/mol. The monoisotopic (exact) mass is 346 g/mol. The average Bonchev–Trinajstić information content (AvgIpc) is 2.38. The van der Waals surface area contributed by atoms with E-state index in [1.165, 1.54) is 0 Å². The maximum atomic E-state index is 11.7. The third kappa shape index (κ3) is 5.34. The van der Waals surface area contributed by atoms with Gasteiger partial charge in [0, 0.05) is 0 Å². The van der Waals surface area contributed by atoms with E-state index in [-0.39, 0.29) is 5.41 Å². The van der Waals surface area contributed by atoms with Crippen LogP contribution in [0.4, 0.5) is 0 Å². The van der Waals surface area contributed by atoms with Crippen LogP contribution in [-0.4, -0.2) is 15.4 Å². The minimum atomic E-state index is -2.05. The van der Waals surface area contributed by atoms with E-state index >= 15 is 0 Å². The van der Waals surface area contributed by atoms with Gasteiger partial charge >= 0.3 is 5.91 Å². The van der Waals surface area contributed by atoms with Crippen LogP contribution in [0.25, 0.3) is 0 Å². The number of hydrogen-bond donors (Lipinski definition) is 1. The number of nitrogens with one attached hydrogen (secondary N) is 1. The zero-order valence-corrected chi connectivity index (χ0v) is 14.1. The number of hydrazone groups is 1. The molecule has 0 aliphatic heterocycles. The summed E-state index contributed by atoms with van der Waals surface area (Å²) in [5.41, 5.74) is 3.54. The standard InChI is InChI=1S/C15H17Cl3N2O/c1-4-10-14(2,3)12(11-8-6-5-7-9-11)19-20-13(21)15(16,17)18/h4-9H,1,10H2,2-3H3,(H,20,21)/q+1. The van der Waals surface area contributed by atoms with Crippen molar-refractivity contribution in [2.45, 2.75) is 24.1 Å². The van der Waals surface area contributed by atoms with Gasteiger partial charge in [0.05, 0.1) is 11.0 Å². The Morgan fingerprint density at radius 1 is 1.29 bits per heavy atom. The largest absolute Gasteiger partial charge is 0.332 e. The van der Waals surface area contributed by atoms with E-state index < -0.39 is 9.70 Å². The quantitative estimate of drug-likeness (QED) is 0.374.